The number of alkyl carbamates (subject to hydrolysis) is 1. The molecule has 168 valence electrons. The number of carboxylic acids is 1. The van der Waals surface area contributed by atoms with Gasteiger partial charge in [0.15, 0.2) is 0 Å². The second-order valence-electron chi connectivity index (χ2n) is 8.62. The van der Waals surface area contributed by atoms with Crippen LogP contribution >= 0.6 is 0 Å². The smallest absolute Gasteiger partial charge is 0.408 e. The molecule has 0 bridgehead atoms. The largest absolute Gasteiger partial charge is 0.490 e. The number of nitrogens with zero attached hydrogens (tertiary/aromatic N) is 1. The maximum absolute atomic E-state index is 12.4. The fourth-order valence-corrected chi connectivity index (χ4v) is 3.44. The number of fused-ring (bicyclic) bond motifs is 1. The Kier molecular flexibility index (Phi) is 6.98. The van der Waals surface area contributed by atoms with E-state index >= 15 is 0 Å². The van der Waals surface area contributed by atoms with Crippen LogP contribution in [0.4, 0.5) is 4.79 Å². The van der Waals surface area contributed by atoms with E-state index in [1.807, 2.05) is 37.3 Å². The van der Waals surface area contributed by atoms with Crippen LogP contribution in [0.3, 0.4) is 0 Å². The van der Waals surface area contributed by atoms with Crippen molar-refractivity contribution in [2.75, 3.05) is 6.61 Å². The number of ether oxygens (including phenoxy) is 2. The van der Waals surface area contributed by atoms with E-state index in [0.29, 0.717) is 17.3 Å². The van der Waals surface area contributed by atoms with Crippen LogP contribution in [0.25, 0.3) is 10.9 Å². The van der Waals surface area contributed by atoms with Crippen molar-refractivity contribution in [3.05, 3.63) is 71.4 Å². The number of carbonyl (C=O) groups is 2. The molecule has 1 atom stereocenters. The van der Waals surface area contributed by atoms with E-state index < -0.39 is 23.7 Å². The number of amides is 1. The Labute approximate surface area is 187 Å². The molecule has 0 aliphatic carbocycles. The molecule has 2 N–H and O–H groups in total. The highest BCUT2D eigenvalue weighted by Crippen LogP contribution is 2.30. The first-order chi connectivity index (χ1) is 15.1. The van der Waals surface area contributed by atoms with Crippen LogP contribution in [-0.2, 0) is 11.2 Å². The van der Waals surface area contributed by atoms with Gasteiger partial charge in [-0.3, -0.25) is 4.98 Å². The zero-order valence-electron chi connectivity index (χ0n) is 18.7. The van der Waals surface area contributed by atoms with Crippen LogP contribution in [0.1, 0.15) is 42.3 Å². The Morgan fingerprint density at radius 1 is 1.12 bits per heavy atom. The van der Waals surface area contributed by atoms with Gasteiger partial charge < -0.3 is 19.9 Å². The van der Waals surface area contributed by atoms with Gasteiger partial charge in [0, 0.05) is 11.6 Å². The normalized spacial score (nSPS) is 12.2. The maximum atomic E-state index is 12.4. The minimum Gasteiger partial charge on any atom is -0.490 e. The fourth-order valence-electron chi connectivity index (χ4n) is 3.44. The molecule has 3 aromatic rings. The Hall–Kier alpha value is -3.61. The molecule has 0 fully saturated rings. The molecule has 2 aromatic carbocycles. The number of carboxylic acid groups (broad SMARTS) is 1. The average molecular weight is 437 g/mol. The van der Waals surface area contributed by atoms with Crippen LogP contribution in [0.2, 0.25) is 0 Å². The van der Waals surface area contributed by atoms with Crippen molar-refractivity contribution in [2.24, 2.45) is 0 Å². The lowest BCUT2D eigenvalue weighted by Gasteiger charge is -2.24. The summed E-state index contributed by atoms with van der Waals surface area (Å²) in [5.74, 6) is -0.864. The molecule has 1 aromatic heterocycles. The van der Waals surface area contributed by atoms with E-state index in [-0.39, 0.29) is 17.9 Å². The molecule has 0 radical (unpaired) electrons. The fraction of sp³-hybridized carbons (Fsp3) is 0.320. The first-order valence-corrected chi connectivity index (χ1v) is 10.4. The van der Waals surface area contributed by atoms with Gasteiger partial charge in [-0.2, -0.15) is 0 Å². The summed E-state index contributed by atoms with van der Waals surface area (Å²) in [6.07, 6.45) is 1.57. The van der Waals surface area contributed by atoms with Gasteiger partial charge in [0.25, 0.3) is 0 Å². The Bertz CT molecular complexity index is 1110. The zero-order valence-corrected chi connectivity index (χ0v) is 18.7. The molecule has 1 unspecified atom stereocenters. The summed E-state index contributed by atoms with van der Waals surface area (Å²) in [4.78, 5) is 28.7. The van der Waals surface area contributed by atoms with E-state index in [4.69, 9.17) is 9.47 Å². The molecule has 7 nitrogen and oxygen atoms in total. The second kappa shape index (κ2) is 9.68. The number of aromatic nitrogens is 1. The molecule has 0 aliphatic heterocycles. The molecular weight excluding hydrogens is 408 g/mol. The number of aromatic carboxylic acids is 1. The van der Waals surface area contributed by atoms with Crippen molar-refractivity contribution in [1.82, 2.24) is 10.3 Å². The summed E-state index contributed by atoms with van der Waals surface area (Å²) in [6.45, 7) is 7.30. The molecular formula is C25H28N2O5. The van der Waals surface area contributed by atoms with Crippen molar-refractivity contribution >= 4 is 23.0 Å². The molecule has 7 heteroatoms. The summed E-state index contributed by atoms with van der Waals surface area (Å²) >= 11 is 0. The van der Waals surface area contributed by atoms with Crippen molar-refractivity contribution in [3.8, 4) is 5.75 Å². The predicted molar refractivity (Wildman–Crippen MR) is 122 cm³/mol. The van der Waals surface area contributed by atoms with Gasteiger partial charge in [-0.05, 0) is 57.4 Å². The number of hydrogen-bond acceptors (Lipinski definition) is 5. The Morgan fingerprint density at radius 2 is 1.84 bits per heavy atom. The monoisotopic (exact) mass is 436 g/mol. The summed E-state index contributed by atoms with van der Waals surface area (Å²) < 4.78 is 11.4. The first kappa shape index (κ1) is 23.1. The Balaban J connectivity index is 1.86. The SMILES string of the molecule is Cc1cc(OCC(Cc2ccccc2)NC(=O)OC(C)(C)C)c(C(=O)O)c2cccnc12. The highest BCUT2D eigenvalue weighted by atomic mass is 16.6. The van der Waals surface area contributed by atoms with Gasteiger partial charge in [-0.1, -0.05) is 36.4 Å². The van der Waals surface area contributed by atoms with E-state index in [0.717, 1.165) is 11.1 Å². The highest BCUT2D eigenvalue weighted by Gasteiger charge is 2.23. The summed E-state index contributed by atoms with van der Waals surface area (Å²) in [7, 11) is 0. The summed E-state index contributed by atoms with van der Waals surface area (Å²) in [6, 6.07) is 14.3. The van der Waals surface area contributed by atoms with Gasteiger partial charge >= 0.3 is 12.1 Å². The van der Waals surface area contributed by atoms with E-state index in [1.165, 1.54) is 0 Å². The standard InChI is InChI=1S/C25H28N2O5/c1-16-13-20(21(23(28)29)19-11-8-12-26-22(16)19)31-15-18(14-17-9-6-5-7-10-17)27-24(30)32-25(2,3)4/h5-13,18H,14-15H2,1-4H3,(H,27,30)(H,28,29). The molecule has 0 spiro atoms. The van der Waals surface area contributed by atoms with Crippen molar-refractivity contribution in [3.63, 3.8) is 0 Å². The minimum atomic E-state index is -1.10. The van der Waals surface area contributed by atoms with Crippen molar-refractivity contribution in [2.45, 2.75) is 45.8 Å². The van der Waals surface area contributed by atoms with Gasteiger partial charge in [-0.15, -0.1) is 0 Å². The lowest BCUT2D eigenvalue weighted by molar-refractivity contribution is 0.0485. The van der Waals surface area contributed by atoms with Gasteiger partial charge in [0.05, 0.1) is 11.6 Å². The third-order valence-electron chi connectivity index (χ3n) is 4.74. The molecule has 1 heterocycles. The first-order valence-electron chi connectivity index (χ1n) is 10.4. The Morgan fingerprint density at radius 3 is 2.50 bits per heavy atom. The predicted octanol–water partition coefficient (Wildman–Crippen LogP) is 4.76. The van der Waals surface area contributed by atoms with Gasteiger partial charge in [0.2, 0.25) is 0 Å². The maximum Gasteiger partial charge on any atom is 0.408 e. The quantitative estimate of drug-likeness (QED) is 0.554. The minimum absolute atomic E-state index is 0.0504. The van der Waals surface area contributed by atoms with E-state index in [1.54, 1.807) is 45.2 Å². The summed E-state index contributed by atoms with van der Waals surface area (Å²) in [5, 5.41) is 13.2. The molecule has 0 saturated heterocycles. The second-order valence-corrected chi connectivity index (χ2v) is 8.62. The highest BCUT2D eigenvalue weighted by molar-refractivity contribution is 6.06. The van der Waals surface area contributed by atoms with Crippen molar-refractivity contribution in [1.29, 1.82) is 0 Å². The third-order valence-corrected chi connectivity index (χ3v) is 4.74. The number of pyridine rings is 1. The number of benzene rings is 2. The van der Waals surface area contributed by atoms with Crippen LogP contribution in [0.5, 0.6) is 5.75 Å². The topological polar surface area (TPSA) is 97.8 Å². The number of carbonyl (C=O) groups excluding carboxylic acids is 1. The van der Waals surface area contributed by atoms with Crippen LogP contribution in [0.15, 0.2) is 54.7 Å². The van der Waals surface area contributed by atoms with Crippen molar-refractivity contribution < 1.29 is 24.2 Å². The zero-order chi connectivity index (χ0) is 23.3. The van der Waals surface area contributed by atoms with E-state index in [9.17, 15) is 14.7 Å². The lowest BCUT2D eigenvalue weighted by atomic mass is 10.0. The van der Waals surface area contributed by atoms with E-state index in [2.05, 4.69) is 10.3 Å². The molecule has 32 heavy (non-hydrogen) atoms. The van der Waals surface area contributed by atoms with Gasteiger partial charge in [0.1, 0.15) is 23.5 Å². The van der Waals surface area contributed by atoms with Crippen LogP contribution < -0.4 is 10.1 Å². The molecule has 1 amide bonds. The molecule has 0 saturated carbocycles. The van der Waals surface area contributed by atoms with Crippen LogP contribution in [-0.4, -0.2) is 40.4 Å². The number of rotatable bonds is 7. The van der Waals surface area contributed by atoms with Crippen LogP contribution in [0, 0.1) is 6.92 Å². The molecule has 3 rings (SSSR count). The number of aryl methyl sites for hydroxylation is 1. The average Bonchev–Trinajstić information content (AvgIpc) is 2.71. The van der Waals surface area contributed by atoms with Gasteiger partial charge in [-0.25, -0.2) is 9.59 Å². The summed E-state index contributed by atoms with van der Waals surface area (Å²) in [5.41, 5.74) is 1.84. The number of nitrogens with one attached hydrogen (secondary N) is 1. The lowest BCUT2D eigenvalue weighted by Crippen LogP contribution is -2.43. The third kappa shape index (κ3) is 5.97. The number of hydrogen-bond donors (Lipinski definition) is 2. The molecule has 0 aliphatic rings.